The Kier molecular flexibility index (Phi) is 5.96. The van der Waals surface area contributed by atoms with Gasteiger partial charge in [-0.2, -0.15) is 0 Å². The van der Waals surface area contributed by atoms with Crippen LogP contribution in [0.3, 0.4) is 0 Å². The van der Waals surface area contributed by atoms with E-state index in [4.69, 9.17) is 26.5 Å². The van der Waals surface area contributed by atoms with Crippen LogP contribution in [0.25, 0.3) is 17.4 Å². The minimum atomic E-state index is -0.997. The van der Waals surface area contributed by atoms with E-state index in [-0.39, 0.29) is 18.9 Å². The van der Waals surface area contributed by atoms with E-state index in [9.17, 15) is 14.4 Å². The van der Waals surface area contributed by atoms with E-state index in [2.05, 4.69) is 0 Å². The summed E-state index contributed by atoms with van der Waals surface area (Å²) < 4.78 is 10.8. The average Bonchev–Trinajstić information content (AvgIpc) is 3.25. The summed E-state index contributed by atoms with van der Waals surface area (Å²) in [6.45, 7) is 0.0288. The van der Waals surface area contributed by atoms with E-state index < -0.39 is 11.9 Å². The molecule has 9 heteroatoms. The Morgan fingerprint density at radius 3 is 2.82 bits per heavy atom. The molecule has 144 valence electrons. The Morgan fingerprint density at radius 1 is 1.32 bits per heavy atom. The Hall–Kier alpha value is -2.91. The minimum Gasteiger partial charge on any atom is -0.481 e. The second kappa shape index (κ2) is 8.41. The highest BCUT2D eigenvalue weighted by molar-refractivity contribution is 8.26. The maximum atomic E-state index is 12.4. The molecule has 3 rings (SSSR count). The molecule has 1 saturated heterocycles. The summed E-state index contributed by atoms with van der Waals surface area (Å²) in [5.74, 6) is -0.820. The van der Waals surface area contributed by atoms with Crippen molar-refractivity contribution < 1.29 is 28.6 Å². The molecule has 0 unspecified atom stereocenters. The first kappa shape index (κ1) is 19.8. The van der Waals surface area contributed by atoms with Gasteiger partial charge in [-0.05, 0) is 24.3 Å². The third-order valence-electron chi connectivity index (χ3n) is 3.89. The van der Waals surface area contributed by atoms with Crippen molar-refractivity contribution in [2.75, 3.05) is 13.7 Å². The lowest BCUT2D eigenvalue weighted by molar-refractivity contribution is -0.137. The lowest BCUT2D eigenvalue weighted by Gasteiger charge is -2.12. The molecule has 7 nitrogen and oxygen atoms in total. The molecular formula is C19H15NO6S2. The number of carbonyl (C=O) groups is 3. The molecular weight excluding hydrogens is 402 g/mol. The third-order valence-corrected chi connectivity index (χ3v) is 5.27. The summed E-state index contributed by atoms with van der Waals surface area (Å²) >= 11 is 6.25. The van der Waals surface area contributed by atoms with E-state index in [1.165, 1.54) is 12.0 Å². The summed E-state index contributed by atoms with van der Waals surface area (Å²) in [4.78, 5) is 36.4. The zero-order valence-corrected chi connectivity index (χ0v) is 16.3. The monoisotopic (exact) mass is 417 g/mol. The summed E-state index contributed by atoms with van der Waals surface area (Å²) in [7, 11) is 1.31. The van der Waals surface area contributed by atoms with Crippen LogP contribution in [0, 0.1) is 0 Å². The SMILES string of the molecule is COC(=O)c1cccc(-c2ccc(/C=C3/SC(=S)N(CCC(=O)O)C3=O)o2)c1. The predicted octanol–water partition coefficient (Wildman–Crippen LogP) is 3.41. The molecule has 1 amide bonds. The number of methoxy groups -OCH3 is 1. The fourth-order valence-corrected chi connectivity index (χ4v) is 3.82. The van der Waals surface area contributed by atoms with E-state index in [1.54, 1.807) is 42.5 Å². The molecule has 0 aliphatic carbocycles. The first-order valence-corrected chi connectivity index (χ1v) is 9.37. The maximum absolute atomic E-state index is 12.4. The van der Waals surface area contributed by atoms with Crippen molar-refractivity contribution in [3.05, 3.63) is 52.6 Å². The van der Waals surface area contributed by atoms with Gasteiger partial charge in [0.15, 0.2) is 0 Å². The average molecular weight is 417 g/mol. The Bertz CT molecular complexity index is 994. The molecule has 1 fully saturated rings. The molecule has 0 saturated carbocycles. The molecule has 1 N–H and O–H groups in total. The van der Waals surface area contributed by atoms with Crippen LogP contribution in [0.1, 0.15) is 22.5 Å². The van der Waals surface area contributed by atoms with Gasteiger partial charge in [0.2, 0.25) is 0 Å². The molecule has 0 atom stereocenters. The quantitative estimate of drug-likeness (QED) is 0.434. The number of thiocarbonyl (C=S) groups is 1. The van der Waals surface area contributed by atoms with Gasteiger partial charge in [0.05, 0.1) is 24.0 Å². The standard InChI is InChI=1S/C19H15NO6S2/c1-25-18(24)12-4-2-3-11(9-12)14-6-5-13(26-14)10-15-17(23)20(19(27)28-15)8-7-16(21)22/h2-6,9-10H,7-8H2,1H3,(H,21,22)/b15-10+. The first-order valence-electron chi connectivity index (χ1n) is 8.15. The number of amides is 1. The van der Waals surface area contributed by atoms with Crippen LogP contribution < -0.4 is 0 Å². The van der Waals surface area contributed by atoms with Gasteiger partial charge in [0, 0.05) is 18.2 Å². The third kappa shape index (κ3) is 4.32. The van der Waals surface area contributed by atoms with E-state index in [0.29, 0.717) is 31.9 Å². The number of aliphatic carboxylic acids is 1. The van der Waals surface area contributed by atoms with Crippen molar-refractivity contribution in [2.24, 2.45) is 0 Å². The van der Waals surface area contributed by atoms with Gasteiger partial charge < -0.3 is 14.3 Å². The Morgan fingerprint density at radius 2 is 2.11 bits per heavy atom. The van der Waals surface area contributed by atoms with E-state index in [1.807, 2.05) is 0 Å². The molecule has 2 heterocycles. The zero-order chi connectivity index (χ0) is 20.3. The van der Waals surface area contributed by atoms with Crippen molar-refractivity contribution in [1.82, 2.24) is 4.90 Å². The minimum absolute atomic E-state index is 0.0288. The van der Waals surface area contributed by atoms with Gasteiger partial charge in [-0.3, -0.25) is 14.5 Å². The number of ether oxygens (including phenoxy) is 1. The number of rotatable bonds is 6. The highest BCUT2D eigenvalue weighted by Gasteiger charge is 2.32. The number of carboxylic acids is 1. The van der Waals surface area contributed by atoms with Crippen LogP contribution in [0.15, 0.2) is 45.7 Å². The molecule has 1 aliphatic rings. The van der Waals surface area contributed by atoms with Gasteiger partial charge in [-0.15, -0.1) is 0 Å². The fourth-order valence-electron chi connectivity index (χ4n) is 2.53. The molecule has 0 radical (unpaired) electrons. The number of hydrogen-bond acceptors (Lipinski definition) is 7. The molecule has 1 aliphatic heterocycles. The van der Waals surface area contributed by atoms with Crippen molar-refractivity contribution in [3.63, 3.8) is 0 Å². The van der Waals surface area contributed by atoms with Crippen molar-refractivity contribution in [1.29, 1.82) is 0 Å². The smallest absolute Gasteiger partial charge is 0.337 e. The summed E-state index contributed by atoms with van der Waals surface area (Å²) in [5, 5.41) is 8.78. The van der Waals surface area contributed by atoms with Crippen molar-refractivity contribution in [2.45, 2.75) is 6.42 Å². The highest BCUT2D eigenvalue weighted by Crippen LogP contribution is 2.33. The second-order valence-electron chi connectivity index (χ2n) is 5.75. The molecule has 0 spiro atoms. The number of carboxylic acid groups (broad SMARTS) is 1. The Balaban J connectivity index is 1.79. The number of carbonyl (C=O) groups excluding carboxylic acids is 2. The number of nitrogens with zero attached hydrogens (tertiary/aromatic N) is 1. The van der Waals surface area contributed by atoms with Gasteiger partial charge in [0.1, 0.15) is 15.8 Å². The molecule has 0 bridgehead atoms. The van der Waals surface area contributed by atoms with Crippen LogP contribution in [0.5, 0.6) is 0 Å². The largest absolute Gasteiger partial charge is 0.481 e. The number of esters is 1. The fraction of sp³-hybridized carbons (Fsp3) is 0.158. The molecule has 1 aromatic heterocycles. The van der Waals surface area contributed by atoms with E-state index in [0.717, 1.165) is 11.8 Å². The lowest BCUT2D eigenvalue weighted by atomic mass is 10.1. The number of thioether (sulfide) groups is 1. The summed E-state index contributed by atoms with van der Waals surface area (Å²) in [5.41, 5.74) is 1.09. The van der Waals surface area contributed by atoms with Crippen molar-refractivity contribution >= 4 is 52.2 Å². The van der Waals surface area contributed by atoms with Gasteiger partial charge in [-0.25, -0.2) is 4.79 Å². The van der Waals surface area contributed by atoms with Crippen LogP contribution in [0.4, 0.5) is 0 Å². The van der Waals surface area contributed by atoms with Crippen LogP contribution in [0.2, 0.25) is 0 Å². The topological polar surface area (TPSA) is 97.0 Å². The number of hydrogen-bond donors (Lipinski definition) is 1. The number of benzene rings is 1. The number of furan rings is 1. The Labute approximate surface area is 170 Å². The molecule has 2 aromatic rings. The first-order chi connectivity index (χ1) is 13.4. The van der Waals surface area contributed by atoms with Gasteiger partial charge in [-0.1, -0.05) is 36.1 Å². The normalized spacial score (nSPS) is 15.3. The molecule has 1 aromatic carbocycles. The van der Waals surface area contributed by atoms with Crippen LogP contribution in [-0.4, -0.2) is 45.8 Å². The summed E-state index contributed by atoms with van der Waals surface area (Å²) in [6.07, 6.45) is 1.38. The summed E-state index contributed by atoms with van der Waals surface area (Å²) in [6, 6.07) is 10.2. The predicted molar refractivity (Wildman–Crippen MR) is 108 cm³/mol. The highest BCUT2D eigenvalue weighted by atomic mass is 32.2. The van der Waals surface area contributed by atoms with E-state index >= 15 is 0 Å². The van der Waals surface area contributed by atoms with Crippen molar-refractivity contribution in [3.8, 4) is 11.3 Å². The van der Waals surface area contributed by atoms with Gasteiger partial charge in [0.25, 0.3) is 5.91 Å². The maximum Gasteiger partial charge on any atom is 0.337 e. The lowest BCUT2D eigenvalue weighted by Crippen LogP contribution is -2.30. The molecule has 28 heavy (non-hydrogen) atoms. The van der Waals surface area contributed by atoms with Crippen LogP contribution in [-0.2, 0) is 14.3 Å². The van der Waals surface area contributed by atoms with Gasteiger partial charge >= 0.3 is 11.9 Å². The zero-order valence-electron chi connectivity index (χ0n) is 14.7. The van der Waals surface area contributed by atoms with Crippen LogP contribution >= 0.6 is 24.0 Å². The second-order valence-corrected chi connectivity index (χ2v) is 7.43.